The zero-order valence-corrected chi connectivity index (χ0v) is 13.2. The first-order chi connectivity index (χ1) is 8.10. The lowest BCUT2D eigenvalue weighted by molar-refractivity contribution is -0.0819. The molecule has 2 unspecified atom stereocenters. The van der Waals surface area contributed by atoms with Crippen molar-refractivity contribution < 1.29 is 13.9 Å². The van der Waals surface area contributed by atoms with Crippen LogP contribution in [0, 0.1) is 0 Å². The van der Waals surface area contributed by atoms with E-state index < -0.39 is 7.37 Å². The van der Waals surface area contributed by atoms with Crippen molar-refractivity contribution >= 4 is 7.37 Å². The molecule has 0 amide bonds. The summed E-state index contributed by atoms with van der Waals surface area (Å²) in [5.41, 5.74) is 2.86. The van der Waals surface area contributed by atoms with Crippen molar-refractivity contribution in [3.8, 4) is 0 Å². The van der Waals surface area contributed by atoms with Crippen molar-refractivity contribution in [1.29, 1.82) is 0 Å². The minimum Gasteiger partial charge on any atom is -0.448 e. The highest BCUT2D eigenvalue weighted by molar-refractivity contribution is 7.58. The van der Waals surface area contributed by atoms with Crippen LogP contribution >= 0.6 is 7.37 Å². The van der Waals surface area contributed by atoms with Gasteiger partial charge in [-0.05, 0) is 33.3 Å². The van der Waals surface area contributed by atoms with Gasteiger partial charge in [-0.2, -0.15) is 5.48 Å². The fourth-order valence-corrected chi connectivity index (χ4v) is 2.28. The summed E-state index contributed by atoms with van der Waals surface area (Å²) in [6.07, 6.45) is 3.71. The van der Waals surface area contributed by atoms with Gasteiger partial charge in [-0.3, -0.25) is 9.40 Å². The zero-order chi connectivity index (χ0) is 14.0. The first-order valence-electron chi connectivity index (χ1n) is 6.51. The van der Waals surface area contributed by atoms with E-state index in [1.54, 1.807) is 6.66 Å². The molecule has 1 N–H and O–H groups in total. The van der Waals surface area contributed by atoms with Gasteiger partial charge in [0.2, 0.25) is 7.37 Å². The highest BCUT2D eigenvalue weighted by Crippen LogP contribution is 2.50. The first kappa shape index (κ1) is 15.7. The predicted octanol–water partition coefficient (Wildman–Crippen LogP) is 3.69. The van der Waals surface area contributed by atoms with Crippen LogP contribution in [0.25, 0.3) is 0 Å². The lowest BCUT2D eigenvalue weighted by atomic mass is 10.2. The average Bonchev–Trinajstić information content (AvgIpc) is 2.60. The Balaban J connectivity index is 2.49. The van der Waals surface area contributed by atoms with Gasteiger partial charge >= 0.3 is 0 Å². The lowest BCUT2D eigenvalue weighted by Crippen LogP contribution is -2.34. The van der Waals surface area contributed by atoms with Crippen LogP contribution in [0.3, 0.4) is 0 Å². The maximum absolute atomic E-state index is 12.2. The molecule has 0 bridgehead atoms. The van der Waals surface area contributed by atoms with E-state index >= 15 is 0 Å². The van der Waals surface area contributed by atoms with E-state index in [2.05, 4.69) is 5.48 Å². The second-order valence-electron chi connectivity index (χ2n) is 6.20. The maximum atomic E-state index is 12.2. The highest BCUT2D eigenvalue weighted by Gasteiger charge is 2.27. The van der Waals surface area contributed by atoms with Gasteiger partial charge in [0.25, 0.3) is 0 Å². The molecule has 0 aromatic rings. The number of hydrogen-bond donors (Lipinski definition) is 1. The number of hydroxylamine groups is 1. The van der Waals surface area contributed by atoms with E-state index in [1.165, 1.54) is 0 Å². The minimum atomic E-state index is -2.53. The second kappa shape index (κ2) is 5.77. The van der Waals surface area contributed by atoms with Crippen LogP contribution in [0.2, 0.25) is 0 Å². The molecule has 1 aliphatic carbocycles. The second-order valence-corrected chi connectivity index (χ2v) is 9.24. The predicted molar refractivity (Wildman–Crippen MR) is 74.8 cm³/mol. The van der Waals surface area contributed by atoms with E-state index in [0.717, 1.165) is 18.6 Å². The number of hydrogen-bond acceptors (Lipinski definition) is 4. The molecule has 0 aliphatic heterocycles. The Morgan fingerprint density at radius 3 is 2.56 bits per heavy atom. The van der Waals surface area contributed by atoms with Crippen molar-refractivity contribution in [2.45, 2.75) is 64.8 Å². The molecular weight excluding hydrogens is 249 g/mol. The SMILES string of the molecule is CC(C)P(C)(=O)OC1=CC(NOC(C)(C)C)CC1. The summed E-state index contributed by atoms with van der Waals surface area (Å²) in [5.74, 6) is 0.824. The van der Waals surface area contributed by atoms with Crippen LogP contribution in [0.1, 0.15) is 47.5 Å². The Bertz CT molecular complexity index is 358. The van der Waals surface area contributed by atoms with Gasteiger partial charge < -0.3 is 4.52 Å². The standard InChI is InChI=1S/C13H26NO3P/c1-10(2)18(6,15)16-12-8-7-11(9-12)14-17-13(3,4)5/h9-11,14H,7-8H2,1-6H3. The molecule has 0 aromatic heterocycles. The largest absolute Gasteiger partial charge is 0.448 e. The molecule has 0 saturated heterocycles. The normalized spacial score (nSPS) is 23.9. The lowest BCUT2D eigenvalue weighted by Gasteiger charge is -2.21. The average molecular weight is 275 g/mol. The molecule has 18 heavy (non-hydrogen) atoms. The molecule has 0 saturated carbocycles. The number of nitrogens with one attached hydrogen (secondary N) is 1. The summed E-state index contributed by atoms with van der Waals surface area (Å²) in [6.45, 7) is 11.5. The zero-order valence-electron chi connectivity index (χ0n) is 12.3. The van der Waals surface area contributed by atoms with Gasteiger partial charge in [0.1, 0.15) is 5.76 Å². The van der Waals surface area contributed by atoms with Crippen molar-refractivity contribution in [3.05, 3.63) is 11.8 Å². The van der Waals surface area contributed by atoms with E-state index in [9.17, 15) is 4.57 Å². The molecule has 106 valence electrons. The van der Waals surface area contributed by atoms with Crippen LogP contribution in [0.4, 0.5) is 0 Å². The fourth-order valence-electron chi connectivity index (χ4n) is 1.45. The molecule has 5 heteroatoms. The van der Waals surface area contributed by atoms with Gasteiger partial charge in [-0.25, -0.2) is 0 Å². The quantitative estimate of drug-likeness (QED) is 0.614. The molecule has 1 rings (SSSR count). The highest BCUT2D eigenvalue weighted by atomic mass is 31.2. The van der Waals surface area contributed by atoms with E-state index in [-0.39, 0.29) is 17.3 Å². The fraction of sp³-hybridized carbons (Fsp3) is 0.846. The summed E-state index contributed by atoms with van der Waals surface area (Å²) in [4.78, 5) is 5.52. The Kier molecular flexibility index (Phi) is 5.05. The summed E-state index contributed by atoms with van der Waals surface area (Å²) in [6, 6.07) is 0.145. The first-order valence-corrected chi connectivity index (χ1v) is 8.65. The van der Waals surface area contributed by atoms with Crippen LogP contribution in [0.15, 0.2) is 11.8 Å². The van der Waals surface area contributed by atoms with Crippen LogP contribution in [0.5, 0.6) is 0 Å². The summed E-state index contributed by atoms with van der Waals surface area (Å²) >= 11 is 0. The number of rotatable bonds is 5. The van der Waals surface area contributed by atoms with Gasteiger partial charge in [-0.15, -0.1) is 0 Å². The van der Waals surface area contributed by atoms with Gasteiger partial charge in [0.15, 0.2) is 0 Å². The Labute approximate surface area is 111 Å². The number of allylic oxidation sites excluding steroid dienone is 1. The van der Waals surface area contributed by atoms with Crippen molar-refractivity contribution in [1.82, 2.24) is 5.48 Å². The Hall–Kier alpha value is -0.310. The molecule has 0 radical (unpaired) electrons. The van der Waals surface area contributed by atoms with Gasteiger partial charge in [0.05, 0.1) is 11.6 Å². The Morgan fingerprint density at radius 2 is 2.06 bits per heavy atom. The van der Waals surface area contributed by atoms with E-state index in [4.69, 9.17) is 9.36 Å². The summed E-state index contributed by atoms with van der Waals surface area (Å²) in [7, 11) is -2.53. The Morgan fingerprint density at radius 1 is 1.44 bits per heavy atom. The third-order valence-electron chi connectivity index (χ3n) is 2.84. The topological polar surface area (TPSA) is 47.6 Å². The van der Waals surface area contributed by atoms with Gasteiger partial charge in [-0.1, -0.05) is 13.8 Å². The van der Waals surface area contributed by atoms with Crippen LogP contribution < -0.4 is 5.48 Å². The van der Waals surface area contributed by atoms with Crippen LogP contribution in [-0.4, -0.2) is 24.0 Å². The maximum Gasteiger partial charge on any atom is 0.247 e. The molecular formula is C13H26NO3P. The molecule has 0 aromatic carbocycles. The van der Waals surface area contributed by atoms with Crippen molar-refractivity contribution in [3.63, 3.8) is 0 Å². The molecule has 4 nitrogen and oxygen atoms in total. The molecule has 2 atom stereocenters. The van der Waals surface area contributed by atoms with Crippen LogP contribution in [-0.2, 0) is 13.9 Å². The molecule has 0 fully saturated rings. The van der Waals surface area contributed by atoms with Gasteiger partial charge in [0, 0.05) is 18.7 Å². The van der Waals surface area contributed by atoms with E-state index in [0.29, 0.717) is 0 Å². The summed E-state index contributed by atoms with van der Waals surface area (Å²) < 4.78 is 17.8. The third-order valence-corrected chi connectivity index (χ3v) is 5.31. The molecule has 0 spiro atoms. The monoisotopic (exact) mass is 275 g/mol. The van der Waals surface area contributed by atoms with Crippen molar-refractivity contribution in [2.75, 3.05) is 6.66 Å². The van der Waals surface area contributed by atoms with E-state index in [1.807, 2.05) is 40.7 Å². The van der Waals surface area contributed by atoms with Crippen molar-refractivity contribution in [2.24, 2.45) is 0 Å². The molecule has 0 heterocycles. The summed E-state index contributed by atoms with van der Waals surface area (Å²) in [5, 5.41) is 0. The molecule has 1 aliphatic rings. The minimum absolute atomic E-state index is 0.0521. The smallest absolute Gasteiger partial charge is 0.247 e. The third kappa shape index (κ3) is 5.13.